The molecule has 1 atom stereocenters. The maximum absolute atomic E-state index is 11.8. The van der Waals surface area contributed by atoms with Crippen molar-refractivity contribution in [1.82, 2.24) is 10.6 Å². The maximum Gasteiger partial charge on any atom is 0.331 e. The van der Waals surface area contributed by atoms with E-state index < -0.39 is 24.0 Å². The Labute approximate surface area is 151 Å². The summed E-state index contributed by atoms with van der Waals surface area (Å²) in [5, 5.41) is 6.29. The molecule has 2 aromatic rings. The summed E-state index contributed by atoms with van der Waals surface area (Å²) in [7, 11) is 2.99. The standard InChI is InChI=1S/C19H20N2O5/c1-12(18(23)21-19(24)20-2)26-17(22)9-5-13-4-6-15-11-16(25-3)8-7-14(15)10-13/h4-12H,1-3H3,(H2,20,21,23,24)/b9-5+/t12-/m1/s1. The van der Waals surface area contributed by atoms with Gasteiger partial charge in [-0.25, -0.2) is 9.59 Å². The van der Waals surface area contributed by atoms with E-state index in [4.69, 9.17) is 9.47 Å². The van der Waals surface area contributed by atoms with Crippen molar-refractivity contribution in [2.75, 3.05) is 14.2 Å². The molecule has 26 heavy (non-hydrogen) atoms. The van der Waals surface area contributed by atoms with Crippen LogP contribution in [0.5, 0.6) is 5.75 Å². The molecule has 0 aliphatic rings. The molecule has 0 saturated carbocycles. The van der Waals surface area contributed by atoms with E-state index in [1.165, 1.54) is 20.0 Å². The molecule has 0 spiro atoms. The van der Waals surface area contributed by atoms with Crippen molar-refractivity contribution < 1.29 is 23.9 Å². The van der Waals surface area contributed by atoms with Crippen LogP contribution in [-0.2, 0) is 14.3 Å². The van der Waals surface area contributed by atoms with Crippen LogP contribution in [0, 0.1) is 0 Å². The Bertz CT molecular complexity index is 860. The Hall–Kier alpha value is -3.35. The number of carbonyl (C=O) groups excluding carboxylic acids is 3. The summed E-state index contributed by atoms with van der Waals surface area (Å²) in [5.74, 6) is -0.612. The molecule has 0 aromatic heterocycles. The van der Waals surface area contributed by atoms with Gasteiger partial charge < -0.3 is 14.8 Å². The van der Waals surface area contributed by atoms with Crippen LogP contribution in [0.25, 0.3) is 16.8 Å². The van der Waals surface area contributed by atoms with Gasteiger partial charge in [-0.1, -0.05) is 18.2 Å². The first-order chi connectivity index (χ1) is 12.4. The lowest BCUT2D eigenvalue weighted by molar-refractivity contribution is -0.149. The maximum atomic E-state index is 11.8. The monoisotopic (exact) mass is 356 g/mol. The minimum atomic E-state index is -1.09. The lowest BCUT2D eigenvalue weighted by atomic mass is 10.1. The van der Waals surface area contributed by atoms with Crippen molar-refractivity contribution in [3.63, 3.8) is 0 Å². The first kappa shape index (κ1) is 19.0. The van der Waals surface area contributed by atoms with Crippen LogP contribution in [0.3, 0.4) is 0 Å². The molecule has 0 heterocycles. The number of benzene rings is 2. The molecule has 0 unspecified atom stereocenters. The summed E-state index contributed by atoms with van der Waals surface area (Å²) >= 11 is 0. The van der Waals surface area contributed by atoms with E-state index in [0.29, 0.717) is 0 Å². The van der Waals surface area contributed by atoms with Crippen LogP contribution in [0.1, 0.15) is 12.5 Å². The topological polar surface area (TPSA) is 93.7 Å². The van der Waals surface area contributed by atoms with Gasteiger partial charge in [-0.3, -0.25) is 10.1 Å². The molecule has 0 aliphatic heterocycles. The van der Waals surface area contributed by atoms with Crippen LogP contribution in [0.2, 0.25) is 0 Å². The van der Waals surface area contributed by atoms with Gasteiger partial charge in [-0.2, -0.15) is 0 Å². The summed E-state index contributed by atoms with van der Waals surface area (Å²) in [4.78, 5) is 34.5. The van der Waals surface area contributed by atoms with Crippen LogP contribution in [-0.4, -0.2) is 38.2 Å². The summed E-state index contributed by atoms with van der Waals surface area (Å²) in [5.41, 5.74) is 0.807. The molecule has 2 aromatic carbocycles. The van der Waals surface area contributed by atoms with E-state index in [0.717, 1.165) is 22.1 Å². The van der Waals surface area contributed by atoms with Crippen LogP contribution in [0.4, 0.5) is 4.79 Å². The number of amides is 3. The van der Waals surface area contributed by atoms with Gasteiger partial charge in [-0.05, 0) is 47.5 Å². The molecule has 3 amide bonds. The minimum Gasteiger partial charge on any atom is -0.497 e. The average Bonchev–Trinajstić information content (AvgIpc) is 2.65. The number of methoxy groups -OCH3 is 1. The van der Waals surface area contributed by atoms with E-state index in [2.05, 4.69) is 5.32 Å². The Morgan fingerprint density at radius 3 is 2.46 bits per heavy atom. The molecular weight excluding hydrogens is 336 g/mol. The first-order valence-electron chi connectivity index (χ1n) is 7.92. The number of fused-ring (bicyclic) bond motifs is 1. The number of imide groups is 1. The lowest BCUT2D eigenvalue weighted by Crippen LogP contribution is -2.43. The normalized spacial score (nSPS) is 11.8. The van der Waals surface area contributed by atoms with Crippen molar-refractivity contribution in [2.24, 2.45) is 0 Å². The molecule has 0 fully saturated rings. The van der Waals surface area contributed by atoms with Crippen molar-refractivity contribution in [1.29, 1.82) is 0 Å². The second-order valence-electron chi connectivity index (χ2n) is 5.45. The first-order valence-corrected chi connectivity index (χ1v) is 7.92. The number of urea groups is 1. The molecule has 2 rings (SSSR count). The summed E-state index contributed by atoms with van der Waals surface area (Å²) in [6.45, 7) is 1.38. The second kappa shape index (κ2) is 8.66. The van der Waals surface area contributed by atoms with Gasteiger partial charge in [0, 0.05) is 13.1 Å². The Morgan fingerprint density at radius 1 is 1.08 bits per heavy atom. The molecule has 7 heteroatoms. The van der Waals surface area contributed by atoms with Gasteiger partial charge in [0.05, 0.1) is 7.11 Å². The van der Waals surface area contributed by atoms with Gasteiger partial charge in [0.2, 0.25) is 0 Å². The molecule has 2 N–H and O–H groups in total. The van der Waals surface area contributed by atoms with Gasteiger partial charge in [0.1, 0.15) is 5.75 Å². The number of hydrogen-bond donors (Lipinski definition) is 2. The van der Waals surface area contributed by atoms with Gasteiger partial charge in [0.15, 0.2) is 6.10 Å². The third-order valence-corrected chi connectivity index (χ3v) is 3.61. The van der Waals surface area contributed by atoms with E-state index in [1.807, 2.05) is 41.7 Å². The van der Waals surface area contributed by atoms with Gasteiger partial charge in [0.25, 0.3) is 5.91 Å². The number of nitrogens with one attached hydrogen (secondary N) is 2. The number of ether oxygens (including phenoxy) is 2. The fourth-order valence-corrected chi connectivity index (χ4v) is 2.18. The molecule has 0 radical (unpaired) electrons. The minimum absolute atomic E-state index is 0.666. The summed E-state index contributed by atoms with van der Waals surface area (Å²) in [6.07, 6.45) is 1.73. The van der Waals surface area contributed by atoms with Crippen LogP contribution >= 0.6 is 0 Å². The lowest BCUT2D eigenvalue weighted by Gasteiger charge is -2.11. The van der Waals surface area contributed by atoms with Gasteiger partial charge >= 0.3 is 12.0 Å². The third kappa shape index (κ3) is 5.07. The third-order valence-electron chi connectivity index (χ3n) is 3.61. The highest BCUT2D eigenvalue weighted by atomic mass is 16.5. The largest absolute Gasteiger partial charge is 0.497 e. The zero-order chi connectivity index (χ0) is 19.1. The zero-order valence-corrected chi connectivity index (χ0v) is 14.7. The van der Waals surface area contributed by atoms with E-state index >= 15 is 0 Å². The Morgan fingerprint density at radius 2 is 1.77 bits per heavy atom. The number of carbonyl (C=O) groups is 3. The number of esters is 1. The molecule has 7 nitrogen and oxygen atoms in total. The zero-order valence-electron chi connectivity index (χ0n) is 14.7. The Kier molecular flexibility index (Phi) is 6.32. The van der Waals surface area contributed by atoms with Crippen molar-refractivity contribution in [3.8, 4) is 5.75 Å². The summed E-state index contributed by atoms with van der Waals surface area (Å²) in [6, 6.07) is 10.7. The van der Waals surface area contributed by atoms with Crippen LogP contribution in [0.15, 0.2) is 42.5 Å². The van der Waals surface area contributed by atoms with Crippen LogP contribution < -0.4 is 15.4 Å². The molecule has 136 valence electrons. The smallest absolute Gasteiger partial charge is 0.331 e. The molecule has 0 aliphatic carbocycles. The summed E-state index contributed by atoms with van der Waals surface area (Å²) < 4.78 is 10.1. The van der Waals surface area contributed by atoms with E-state index in [9.17, 15) is 14.4 Å². The van der Waals surface area contributed by atoms with E-state index in [1.54, 1.807) is 13.2 Å². The molecule has 0 saturated heterocycles. The second-order valence-corrected chi connectivity index (χ2v) is 5.45. The number of rotatable bonds is 5. The highest BCUT2D eigenvalue weighted by Crippen LogP contribution is 2.22. The molecular formula is C19H20N2O5. The predicted octanol–water partition coefficient (Wildman–Crippen LogP) is 2.25. The Balaban J connectivity index is 2.00. The van der Waals surface area contributed by atoms with E-state index in [-0.39, 0.29) is 0 Å². The SMILES string of the molecule is CNC(=O)NC(=O)[C@@H](C)OC(=O)/C=C/c1ccc2cc(OC)ccc2c1. The quantitative estimate of drug-likeness (QED) is 0.633. The highest BCUT2D eigenvalue weighted by Gasteiger charge is 2.18. The van der Waals surface area contributed by atoms with Crippen molar-refractivity contribution >= 4 is 34.8 Å². The van der Waals surface area contributed by atoms with Crippen molar-refractivity contribution in [2.45, 2.75) is 13.0 Å². The van der Waals surface area contributed by atoms with Gasteiger partial charge in [-0.15, -0.1) is 0 Å². The average molecular weight is 356 g/mol. The fourth-order valence-electron chi connectivity index (χ4n) is 2.18. The number of hydrogen-bond acceptors (Lipinski definition) is 5. The fraction of sp³-hybridized carbons (Fsp3) is 0.211. The highest BCUT2D eigenvalue weighted by molar-refractivity contribution is 5.98. The van der Waals surface area contributed by atoms with Crippen molar-refractivity contribution in [3.05, 3.63) is 48.0 Å². The predicted molar refractivity (Wildman–Crippen MR) is 97.7 cm³/mol. The molecule has 0 bridgehead atoms.